The van der Waals surface area contributed by atoms with E-state index in [-0.39, 0.29) is 6.04 Å². The second-order valence-electron chi connectivity index (χ2n) is 4.79. The Hall–Kier alpha value is -2.16. The summed E-state index contributed by atoms with van der Waals surface area (Å²) in [5, 5.41) is 3.23. The van der Waals surface area contributed by atoms with E-state index in [1.807, 2.05) is 48.5 Å². The molecule has 0 saturated carbocycles. The molecule has 2 aromatic carbocycles. The van der Waals surface area contributed by atoms with Crippen molar-refractivity contribution in [2.45, 2.75) is 25.3 Å². The van der Waals surface area contributed by atoms with Gasteiger partial charge in [-0.3, -0.25) is 0 Å². The lowest BCUT2D eigenvalue weighted by Crippen LogP contribution is -2.07. The summed E-state index contributed by atoms with van der Waals surface area (Å²) in [4.78, 5) is 10.9. The Morgan fingerprint density at radius 1 is 1.05 bits per heavy atom. The van der Waals surface area contributed by atoms with E-state index in [4.69, 9.17) is 4.74 Å². The van der Waals surface area contributed by atoms with E-state index in [1.54, 1.807) is 0 Å². The first-order valence-electron chi connectivity index (χ1n) is 6.55. The van der Waals surface area contributed by atoms with Gasteiger partial charge in [0.25, 0.3) is 0 Å². The van der Waals surface area contributed by atoms with E-state index in [9.17, 15) is 4.91 Å². The number of nitrogens with zero attached hydrogens (tertiary/aromatic N) is 1. The van der Waals surface area contributed by atoms with E-state index in [0.717, 1.165) is 36.3 Å². The SMILES string of the molecule is O=NC1CCCc2ccc(Oc3ccccc3)cc21. The third-order valence-electron chi connectivity index (χ3n) is 3.51. The molecule has 1 aliphatic carbocycles. The standard InChI is InChI=1S/C16H15NO2/c18-17-16-8-4-5-12-9-10-14(11-15(12)16)19-13-6-2-1-3-7-13/h1-3,6-7,9-11,16H,4-5,8H2. The van der Waals surface area contributed by atoms with Gasteiger partial charge < -0.3 is 4.74 Å². The number of hydrogen-bond acceptors (Lipinski definition) is 3. The van der Waals surface area contributed by atoms with Crippen LogP contribution >= 0.6 is 0 Å². The number of nitroso groups, excluding NO2 is 1. The van der Waals surface area contributed by atoms with Crippen LogP contribution in [0.4, 0.5) is 0 Å². The van der Waals surface area contributed by atoms with Crippen LogP contribution in [0.5, 0.6) is 11.5 Å². The summed E-state index contributed by atoms with van der Waals surface area (Å²) < 4.78 is 5.79. The lowest BCUT2D eigenvalue weighted by Gasteiger charge is -2.20. The van der Waals surface area contributed by atoms with Crippen molar-refractivity contribution in [3.8, 4) is 11.5 Å². The molecule has 0 spiro atoms. The quantitative estimate of drug-likeness (QED) is 0.748. The molecule has 19 heavy (non-hydrogen) atoms. The van der Waals surface area contributed by atoms with Gasteiger partial charge in [0.15, 0.2) is 0 Å². The Bertz CT molecular complexity index is 581. The highest BCUT2D eigenvalue weighted by atomic mass is 16.5. The summed E-state index contributed by atoms with van der Waals surface area (Å²) >= 11 is 0. The van der Waals surface area contributed by atoms with Crippen LogP contribution < -0.4 is 4.74 Å². The smallest absolute Gasteiger partial charge is 0.127 e. The monoisotopic (exact) mass is 253 g/mol. The predicted octanol–water partition coefficient (Wildman–Crippen LogP) is 4.62. The Morgan fingerprint density at radius 2 is 1.89 bits per heavy atom. The maximum atomic E-state index is 10.9. The van der Waals surface area contributed by atoms with Crippen LogP contribution in [-0.4, -0.2) is 0 Å². The first-order valence-corrected chi connectivity index (χ1v) is 6.55. The van der Waals surface area contributed by atoms with Crippen molar-refractivity contribution in [2.24, 2.45) is 5.18 Å². The van der Waals surface area contributed by atoms with Crippen molar-refractivity contribution in [2.75, 3.05) is 0 Å². The van der Waals surface area contributed by atoms with Crippen molar-refractivity contribution in [3.05, 3.63) is 64.6 Å². The van der Waals surface area contributed by atoms with Crippen molar-refractivity contribution >= 4 is 0 Å². The third kappa shape index (κ3) is 2.50. The number of aryl methyl sites for hydroxylation is 1. The molecule has 0 heterocycles. The Labute approximate surface area is 112 Å². The number of benzene rings is 2. The average Bonchev–Trinajstić information content (AvgIpc) is 2.47. The first kappa shape index (κ1) is 11.9. The van der Waals surface area contributed by atoms with Gasteiger partial charge >= 0.3 is 0 Å². The van der Waals surface area contributed by atoms with Crippen LogP contribution in [-0.2, 0) is 6.42 Å². The fourth-order valence-electron chi connectivity index (χ4n) is 2.55. The predicted molar refractivity (Wildman–Crippen MR) is 74.4 cm³/mol. The zero-order chi connectivity index (χ0) is 13.1. The van der Waals surface area contributed by atoms with E-state index in [1.165, 1.54) is 5.56 Å². The van der Waals surface area contributed by atoms with E-state index in [0.29, 0.717) is 0 Å². The highest BCUT2D eigenvalue weighted by Gasteiger charge is 2.21. The van der Waals surface area contributed by atoms with Gasteiger partial charge in [-0.05, 0) is 54.7 Å². The van der Waals surface area contributed by atoms with Crippen LogP contribution in [0.2, 0.25) is 0 Å². The molecule has 96 valence electrons. The molecule has 0 aromatic heterocycles. The molecule has 0 aliphatic heterocycles. The minimum Gasteiger partial charge on any atom is -0.457 e. The van der Waals surface area contributed by atoms with Gasteiger partial charge in [0, 0.05) is 0 Å². The number of para-hydroxylation sites is 1. The minimum absolute atomic E-state index is 0.219. The molecular formula is C16H15NO2. The minimum atomic E-state index is -0.219. The first-order chi connectivity index (χ1) is 9.36. The van der Waals surface area contributed by atoms with Gasteiger partial charge in [-0.25, -0.2) is 0 Å². The van der Waals surface area contributed by atoms with Gasteiger partial charge in [0.2, 0.25) is 0 Å². The number of hydrogen-bond donors (Lipinski definition) is 0. The molecule has 0 bridgehead atoms. The fraction of sp³-hybridized carbons (Fsp3) is 0.250. The Kier molecular flexibility index (Phi) is 3.27. The van der Waals surface area contributed by atoms with Crippen LogP contribution in [0.15, 0.2) is 53.7 Å². The average molecular weight is 253 g/mol. The lowest BCUT2D eigenvalue weighted by atomic mass is 9.88. The summed E-state index contributed by atoms with van der Waals surface area (Å²) in [5.74, 6) is 1.56. The van der Waals surface area contributed by atoms with Crippen molar-refractivity contribution < 1.29 is 4.74 Å². The maximum Gasteiger partial charge on any atom is 0.127 e. The normalized spacial score (nSPS) is 17.6. The molecule has 0 amide bonds. The van der Waals surface area contributed by atoms with Gasteiger partial charge in [0.1, 0.15) is 17.5 Å². The highest BCUT2D eigenvalue weighted by molar-refractivity contribution is 5.41. The Morgan fingerprint density at radius 3 is 2.68 bits per heavy atom. The zero-order valence-corrected chi connectivity index (χ0v) is 10.6. The number of ether oxygens (including phenoxy) is 1. The topological polar surface area (TPSA) is 38.7 Å². The van der Waals surface area contributed by atoms with Gasteiger partial charge in [-0.2, -0.15) is 4.91 Å². The second kappa shape index (κ2) is 5.22. The van der Waals surface area contributed by atoms with Crippen LogP contribution in [0.1, 0.15) is 30.0 Å². The molecule has 3 nitrogen and oxygen atoms in total. The van der Waals surface area contributed by atoms with E-state index < -0.39 is 0 Å². The molecule has 0 saturated heterocycles. The molecule has 0 radical (unpaired) electrons. The van der Waals surface area contributed by atoms with Crippen LogP contribution in [0, 0.1) is 4.91 Å². The largest absolute Gasteiger partial charge is 0.457 e. The fourth-order valence-corrected chi connectivity index (χ4v) is 2.55. The molecular weight excluding hydrogens is 238 g/mol. The number of rotatable bonds is 3. The van der Waals surface area contributed by atoms with E-state index in [2.05, 4.69) is 5.18 Å². The van der Waals surface area contributed by atoms with Crippen molar-refractivity contribution in [1.29, 1.82) is 0 Å². The highest BCUT2D eigenvalue weighted by Crippen LogP contribution is 2.35. The molecule has 1 aliphatic rings. The number of fused-ring (bicyclic) bond motifs is 1. The molecule has 3 heteroatoms. The zero-order valence-electron chi connectivity index (χ0n) is 10.6. The molecule has 1 atom stereocenters. The van der Waals surface area contributed by atoms with Gasteiger partial charge in [0.05, 0.1) is 0 Å². The Balaban J connectivity index is 1.90. The third-order valence-corrected chi connectivity index (χ3v) is 3.51. The van der Waals surface area contributed by atoms with Crippen LogP contribution in [0.25, 0.3) is 0 Å². The molecule has 3 rings (SSSR count). The molecule has 1 unspecified atom stereocenters. The summed E-state index contributed by atoms with van der Waals surface area (Å²) in [7, 11) is 0. The van der Waals surface area contributed by atoms with Gasteiger partial charge in [-0.15, -0.1) is 0 Å². The summed E-state index contributed by atoms with van der Waals surface area (Å²) in [5.41, 5.74) is 2.24. The van der Waals surface area contributed by atoms with Crippen LogP contribution in [0.3, 0.4) is 0 Å². The lowest BCUT2D eigenvalue weighted by molar-refractivity contribution is 0.478. The van der Waals surface area contributed by atoms with E-state index >= 15 is 0 Å². The summed E-state index contributed by atoms with van der Waals surface area (Å²) in [6, 6.07) is 15.4. The molecule has 0 fully saturated rings. The van der Waals surface area contributed by atoms with Gasteiger partial charge in [-0.1, -0.05) is 29.4 Å². The maximum absolute atomic E-state index is 10.9. The molecule has 0 N–H and O–H groups in total. The summed E-state index contributed by atoms with van der Waals surface area (Å²) in [6.45, 7) is 0. The van der Waals surface area contributed by atoms with Crippen molar-refractivity contribution in [1.82, 2.24) is 0 Å². The second-order valence-corrected chi connectivity index (χ2v) is 4.79. The summed E-state index contributed by atoms with van der Waals surface area (Å²) in [6.07, 6.45) is 2.89. The molecule has 2 aromatic rings. The van der Waals surface area contributed by atoms with Crippen molar-refractivity contribution in [3.63, 3.8) is 0 Å².